The molecule has 0 saturated heterocycles. The quantitative estimate of drug-likeness (QED) is 0.0422. The first-order valence-corrected chi connectivity index (χ1v) is 11.9. The van der Waals surface area contributed by atoms with Gasteiger partial charge in [-0.2, -0.15) is 0 Å². The van der Waals surface area contributed by atoms with Crippen LogP contribution < -0.4 is 10.9 Å². The Balaban J connectivity index is 2.63. The standard InChI is InChI=1S/C21H22ClN15O4/c22-13-3-4-16(28-12-23)14(6-13)15-7-19(39)37(8-18(15)38)17(2-1-5-29-33-24)20(40)41-21(9-30-34-25,10-31-35-26)11-32-36-27/h3-4,6-8,12,17,38H,1-2,5,9-11H2,(H2,23,28). The third-order valence-corrected chi connectivity index (χ3v) is 5.78. The van der Waals surface area contributed by atoms with Gasteiger partial charge in [-0.1, -0.05) is 32.1 Å². The number of esters is 1. The number of anilines is 1. The van der Waals surface area contributed by atoms with Gasteiger partial charge in [0.25, 0.3) is 5.56 Å². The van der Waals surface area contributed by atoms with E-state index in [0.29, 0.717) is 11.3 Å². The summed E-state index contributed by atoms with van der Waals surface area (Å²) in [6, 6.07) is 4.18. The smallest absolute Gasteiger partial charge is 0.329 e. The fraction of sp³-hybridized carbons (Fsp3) is 0.381. The zero-order valence-electron chi connectivity index (χ0n) is 21.1. The number of rotatable bonds is 16. The molecule has 3 N–H and O–H groups in total. The van der Waals surface area contributed by atoms with Crippen LogP contribution in [0.15, 0.2) is 55.7 Å². The molecule has 0 saturated carbocycles. The number of carbonyl (C=O) groups is 1. The van der Waals surface area contributed by atoms with Crippen molar-refractivity contribution in [1.82, 2.24) is 4.57 Å². The van der Waals surface area contributed by atoms with Gasteiger partial charge in [-0.3, -0.25) is 14.8 Å². The summed E-state index contributed by atoms with van der Waals surface area (Å²) in [6.45, 7) is -1.76. The monoisotopic (exact) mass is 583 g/mol. The van der Waals surface area contributed by atoms with Crippen molar-refractivity contribution in [1.29, 1.82) is 5.41 Å². The predicted molar refractivity (Wildman–Crippen MR) is 148 cm³/mol. The molecule has 0 aliphatic carbocycles. The highest BCUT2D eigenvalue weighted by atomic mass is 35.5. The Hall–Kier alpha value is -5.56. The molecule has 19 nitrogen and oxygen atoms in total. The molecule has 1 atom stereocenters. The lowest BCUT2D eigenvalue weighted by molar-refractivity contribution is -0.161. The summed E-state index contributed by atoms with van der Waals surface area (Å²) in [5.41, 5.74) is 33.0. The predicted octanol–water partition coefficient (Wildman–Crippen LogP) is 5.74. The number of aromatic hydroxyl groups is 1. The van der Waals surface area contributed by atoms with Crippen LogP contribution in [0.1, 0.15) is 18.9 Å². The SMILES string of the molecule is [N-]=[N+]=NCCCC(C(=O)OC(CN=[N+]=[N-])(CN=[N+]=[N-])CN=[N+]=[N-])n1cc(O)c(-c2cc(Cl)ccc2NC=N)cc1=O. The maximum Gasteiger partial charge on any atom is 0.329 e. The van der Waals surface area contributed by atoms with Gasteiger partial charge >= 0.3 is 5.97 Å². The minimum Gasteiger partial charge on any atom is -0.506 e. The Kier molecular flexibility index (Phi) is 12.2. The van der Waals surface area contributed by atoms with Crippen molar-refractivity contribution in [3.63, 3.8) is 0 Å². The highest BCUT2D eigenvalue weighted by Crippen LogP contribution is 2.36. The Morgan fingerprint density at radius 1 is 1.07 bits per heavy atom. The van der Waals surface area contributed by atoms with E-state index in [1.807, 2.05) is 0 Å². The second kappa shape index (κ2) is 15.8. The summed E-state index contributed by atoms with van der Waals surface area (Å²) < 4.78 is 6.46. The highest BCUT2D eigenvalue weighted by Gasteiger charge is 2.36. The number of ether oxygens (including phenoxy) is 1. The zero-order chi connectivity index (χ0) is 30.3. The molecule has 1 heterocycles. The number of benzene rings is 1. The van der Waals surface area contributed by atoms with E-state index >= 15 is 0 Å². The van der Waals surface area contributed by atoms with Gasteiger partial charge in [-0.15, -0.1) is 0 Å². The third-order valence-electron chi connectivity index (χ3n) is 5.55. The van der Waals surface area contributed by atoms with Crippen molar-refractivity contribution >= 4 is 29.6 Å². The van der Waals surface area contributed by atoms with Crippen LogP contribution in [0, 0.1) is 5.41 Å². The molecule has 0 amide bonds. The van der Waals surface area contributed by atoms with Crippen molar-refractivity contribution in [2.45, 2.75) is 24.5 Å². The normalized spacial score (nSPS) is 12.1. The fourth-order valence-electron chi connectivity index (χ4n) is 3.72. The van der Waals surface area contributed by atoms with Crippen LogP contribution in [-0.2, 0) is 9.53 Å². The Morgan fingerprint density at radius 3 is 2.24 bits per heavy atom. The van der Waals surface area contributed by atoms with Gasteiger partial charge < -0.3 is 15.2 Å². The van der Waals surface area contributed by atoms with E-state index in [0.717, 1.165) is 23.2 Å². The van der Waals surface area contributed by atoms with Crippen LogP contribution in [0.25, 0.3) is 52.9 Å². The Bertz CT molecular complexity index is 1480. The molecule has 41 heavy (non-hydrogen) atoms. The maximum atomic E-state index is 13.5. The molecule has 1 unspecified atom stereocenters. The summed E-state index contributed by atoms with van der Waals surface area (Å²) in [5.74, 6) is -1.51. The molecule has 0 spiro atoms. The van der Waals surface area contributed by atoms with E-state index < -0.39 is 48.6 Å². The first-order valence-electron chi connectivity index (χ1n) is 11.5. The zero-order valence-corrected chi connectivity index (χ0v) is 21.9. The number of azide groups is 4. The number of hydrogen-bond donors (Lipinski definition) is 3. The summed E-state index contributed by atoms with van der Waals surface area (Å²) in [6.07, 6.45) is 1.89. The average molecular weight is 584 g/mol. The lowest BCUT2D eigenvalue weighted by atomic mass is 10.0. The van der Waals surface area contributed by atoms with Crippen LogP contribution in [0.3, 0.4) is 0 Å². The van der Waals surface area contributed by atoms with Crippen molar-refractivity contribution < 1.29 is 14.6 Å². The topological polar surface area (TPSA) is 299 Å². The van der Waals surface area contributed by atoms with E-state index in [-0.39, 0.29) is 30.0 Å². The van der Waals surface area contributed by atoms with Gasteiger partial charge in [-0.05, 0) is 53.2 Å². The molecule has 2 rings (SSSR count). The number of halogens is 1. The third kappa shape index (κ3) is 8.73. The first-order chi connectivity index (χ1) is 19.7. The van der Waals surface area contributed by atoms with Crippen molar-refractivity contribution in [2.75, 3.05) is 31.5 Å². The van der Waals surface area contributed by atoms with Crippen molar-refractivity contribution in [3.8, 4) is 16.9 Å². The maximum absolute atomic E-state index is 13.5. The van der Waals surface area contributed by atoms with E-state index in [9.17, 15) is 14.7 Å². The number of carbonyl (C=O) groups excluding carboxylic acids is 1. The summed E-state index contributed by atoms with van der Waals surface area (Å²) in [7, 11) is 0. The molecule has 0 bridgehead atoms. The summed E-state index contributed by atoms with van der Waals surface area (Å²) in [4.78, 5) is 37.3. The Morgan fingerprint density at radius 2 is 1.68 bits per heavy atom. The van der Waals surface area contributed by atoms with Crippen molar-refractivity contribution in [2.24, 2.45) is 20.5 Å². The van der Waals surface area contributed by atoms with Crippen LogP contribution in [0.5, 0.6) is 5.75 Å². The van der Waals surface area contributed by atoms with Crippen molar-refractivity contribution in [3.05, 3.63) is 87.6 Å². The van der Waals surface area contributed by atoms with E-state index in [1.54, 1.807) is 12.1 Å². The van der Waals surface area contributed by atoms with E-state index in [2.05, 4.69) is 45.4 Å². The molecule has 0 fully saturated rings. The minimum absolute atomic E-state index is 0.0401. The highest BCUT2D eigenvalue weighted by molar-refractivity contribution is 6.31. The molecule has 2 aromatic rings. The molecule has 20 heteroatoms. The van der Waals surface area contributed by atoms with Crippen LogP contribution in [0.2, 0.25) is 5.02 Å². The number of aromatic nitrogens is 1. The second-order valence-corrected chi connectivity index (χ2v) is 8.62. The van der Waals surface area contributed by atoms with Gasteiger partial charge in [-0.25, -0.2) is 4.79 Å². The molecule has 0 aliphatic rings. The number of pyridine rings is 1. The lowest BCUT2D eigenvalue weighted by Crippen LogP contribution is -2.46. The molecule has 0 radical (unpaired) electrons. The molecule has 1 aromatic carbocycles. The van der Waals surface area contributed by atoms with Gasteiger partial charge in [0, 0.05) is 54.1 Å². The average Bonchev–Trinajstić information content (AvgIpc) is 2.96. The molecular formula is C21H22ClN15O4. The summed E-state index contributed by atoms with van der Waals surface area (Å²) in [5, 5.41) is 34.7. The van der Waals surface area contributed by atoms with E-state index in [1.165, 1.54) is 6.07 Å². The van der Waals surface area contributed by atoms with Gasteiger partial charge in [0.15, 0.2) is 0 Å². The first kappa shape index (κ1) is 31.7. The summed E-state index contributed by atoms with van der Waals surface area (Å²) >= 11 is 6.10. The van der Waals surface area contributed by atoms with E-state index in [4.69, 9.17) is 43.9 Å². The Labute approximate surface area is 235 Å². The van der Waals surface area contributed by atoms with Crippen LogP contribution in [-0.4, -0.2) is 53.8 Å². The second-order valence-electron chi connectivity index (χ2n) is 8.18. The minimum atomic E-state index is -1.88. The van der Waals surface area contributed by atoms with Gasteiger partial charge in [0.2, 0.25) is 0 Å². The molecular weight excluding hydrogens is 562 g/mol. The van der Waals surface area contributed by atoms with Gasteiger partial charge in [0.1, 0.15) is 17.4 Å². The fourth-order valence-corrected chi connectivity index (χ4v) is 3.89. The number of nitrogens with zero attached hydrogens (tertiary/aromatic N) is 13. The van der Waals surface area contributed by atoms with Crippen LogP contribution >= 0.6 is 11.6 Å². The molecule has 212 valence electrons. The lowest BCUT2D eigenvalue weighted by Gasteiger charge is -2.31. The van der Waals surface area contributed by atoms with Crippen LogP contribution in [0.4, 0.5) is 5.69 Å². The molecule has 1 aromatic heterocycles. The number of hydrogen-bond acceptors (Lipinski definition) is 9. The molecule has 0 aliphatic heterocycles. The van der Waals surface area contributed by atoms with Gasteiger partial charge in [0.05, 0.1) is 32.2 Å². The number of nitrogens with one attached hydrogen (secondary N) is 2. The largest absolute Gasteiger partial charge is 0.506 e.